The lowest BCUT2D eigenvalue weighted by Gasteiger charge is -2.22. The van der Waals surface area contributed by atoms with Crippen LogP contribution in [0.2, 0.25) is 0 Å². The van der Waals surface area contributed by atoms with Gasteiger partial charge in [0.05, 0.1) is 17.5 Å². The van der Waals surface area contributed by atoms with E-state index in [1.165, 1.54) is 11.8 Å². The minimum absolute atomic E-state index is 0.154. The predicted octanol–water partition coefficient (Wildman–Crippen LogP) is 3.54. The minimum Gasteiger partial charge on any atom is -0.337 e. The lowest BCUT2D eigenvalue weighted by atomic mass is 9.98. The number of carbonyl (C=O) groups excluding carboxylic acids is 1. The molecule has 1 amide bonds. The first-order valence-corrected chi connectivity index (χ1v) is 10.8. The van der Waals surface area contributed by atoms with Gasteiger partial charge in [0.25, 0.3) is 0 Å². The summed E-state index contributed by atoms with van der Waals surface area (Å²) in [6.07, 6.45) is 5.42. The number of para-hydroxylation sites is 1. The van der Waals surface area contributed by atoms with Crippen LogP contribution in [0.5, 0.6) is 0 Å². The molecule has 0 saturated heterocycles. The van der Waals surface area contributed by atoms with Gasteiger partial charge >= 0.3 is 0 Å². The molecule has 1 atom stereocenters. The van der Waals surface area contributed by atoms with Crippen molar-refractivity contribution in [2.24, 2.45) is 5.92 Å². The maximum atomic E-state index is 12.6. The molecule has 152 valence electrons. The number of benzene rings is 1. The number of hydrogen-bond donors (Lipinski definition) is 1. The summed E-state index contributed by atoms with van der Waals surface area (Å²) >= 11 is 1.30. The molecule has 2 heterocycles. The molecular formula is C22H22N6OS. The molecule has 1 fully saturated rings. The number of amides is 1. The fraction of sp³-hybridized carbons (Fsp3) is 0.318. The Morgan fingerprint density at radius 1 is 1.30 bits per heavy atom. The lowest BCUT2D eigenvalue weighted by Crippen LogP contribution is -2.47. The van der Waals surface area contributed by atoms with E-state index in [9.17, 15) is 10.1 Å². The Bertz CT molecular complexity index is 1100. The Hall–Kier alpha value is -3.18. The van der Waals surface area contributed by atoms with Crippen LogP contribution in [0.15, 0.2) is 53.9 Å². The van der Waals surface area contributed by atoms with Gasteiger partial charge in [-0.25, -0.2) is 0 Å². The van der Waals surface area contributed by atoms with Crippen LogP contribution < -0.4 is 5.32 Å². The van der Waals surface area contributed by atoms with Crippen LogP contribution in [0.3, 0.4) is 0 Å². The van der Waals surface area contributed by atoms with Crippen molar-refractivity contribution < 1.29 is 4.79 Å². The van der Waals surface area contributed by atoms with Crippen molar-refractivity contribution in [3.8, 4) is 23.1 Å². The van der Waals surface area contributed by atoms with E-state index in [1.807, 2.05) is 47.9 Å². The SMILES string of the molecule is Cc1ccccc1-n1c(SCC(=O)NC(C)(C#N)C2CC2)nnc1-c1cccnc1. The number of hydrogen-bond acceptors (Lipinski definition) is 6. The van der Waals surface area contributed by atoms with Crippen LogP contribution in [0.25, 0.3) is 17.1 Å². The van der Waals surface area contributed by atoms with E-state index in [4.69, 9.17) is 0 Å². The van der Waals surface area contributed by atoms with Crippen LogP contribution in [-0.2, 0) is 4.79 Å². The summed E-state index contributed by atoms with van der Waals surface area (Å²) in [7, 11) is 0. The smallest absolute Gasteiger partial charge is 0.231 e. The van der Waals surface area contributed by atoms with Crippen molar-refractivity contribution in [2.75, 3.05) is 5.75 Å². The maximum Gasteiger partial charge on any atom is 0.231 e. The zero-order valence-corrected chi connectivity index (χ0v) is 17.7. The average molecular weight is 419 g/mol. The second-order valence-corrected chi connectivity index (χ2v) is 8.54. The highest BCUT2D eigenvalue weighted by molar-refractivity contribution is 7.99. The van der Waals surface area contributed by atoms with E-state index in [0.717, 1.165) is 29.7 Å². The number of rotatable bonds is 7. The van der Waals surface area contributed by atoms with Crippen LogP contribution in [-0.4, -0.2) is 36.9 Å². The quantitative estimate of drug-likeness (QED) is 0.590. The maximum absolute atomic E-state index is 12.6. The van der Waals surface area contributed by atoms with Gasteiger partial charge in [-0.15, -0.1) is 10.2 Å². The van der Waals surface area contributed by atoms with Crippen molar-refractivity contribution >= 4 is 17.7 Å². The molecule has 3 aromatic rings. The van der Waals surface area contributed by atoms with Gasteiger partial charge in [-0.2, -0.15) is 5.26 Å². The number of carbonyl (C=O) groups is 1. The third-order valence-electron chi connectivity index (χ3n) is 5.27. The van der Waals surface area contributed by atoms with Gasteiger partial charge in [-0.3, -0.25) is 14.3 Å². The van der Waals surface area contributed by atoms with Crippen molar-refractivity contribution in [1.29, 1.82) is 5.26 Å². The van der Waals surface area contributed by atoms with Gasteiger partial charge in [0.15, 0.2) is 11.0 Å². The molecule has 0 spiro atoms. The summed E-state index contributed by atoms with van der Waals surface area (Å²) < 4.78 is 1.95. The summed E-state index contributed by atoms with van der Waals surface area (Å²) in [5, 5.41) is 21.7. The van der Waals surface area contributed by atoms with E-state index in [1.54, 1.807) is 19.3 Å². The highest BCUT2D eigenvalue weighted by Crippen LogP contribution is 2.39. The number of pyridine rings is 1. The molecule has 1 aliphatic carbocycles. The fourth-order valence-corrected chi connectivity index (χ4v) is 4.16. The van der Waals surface area contributed by atoms with Crippen LogP contribution in [0.1, 0.15) is 25.3 Å². The van der Waals surface area contributed by atoms with E-state index in [2.05, 4.69) is 26.6 Å². The van der Waals surface area contributed by atoms with Crippen molar-refractivity contribution in [3.05, 3.63) is 54.4 Å². The third kappa shape index (κ3) is 4.07. The Kier molecular flexibility index (Phi) is 5.55. The number of nitrogens with zero attached hydrogens (tertiary/aromatic N) is 5. The second kappa shape index (κ2) is 8.28. The second-order valence-electron chi connectivity index (χ2n) is 7.60. The van der Waals surface area contributed by atoms with Gasteiger partial charge in [-0.1, -0.05) is 30.0 Å². The summed E-state index contributed by atoms with van der Waals surface area (Å²) in [6.45, 7) is 3.82. The van der Waals surface area contributed by atoms with E-state index < -0.39 is 5.54 Å². The van der Waals surface area contributed by atoms with Crippen molar-refractivity contribution in [3.63, 3.8) is 0 Å². The molecule has 30 heavy (non-hydrogen) atoms. The van der Waals surface area contributed by atoms with Crippen molar-refractivity contribution in [1.82, 2.24) is 25.1 Å². The van der Waals surface area contributed by atoms with Crippen LogP contribution >= 0.6 is 11.8 Å². The summed E-state index contributed by atoms with van der Waals surface area (Å²) in [6, 6.07) is 14.0. The molecule has 4 rings (SSSR count). The lowest BCUT2D eigenvalue weighted by molar-refractivity contribution is -0.119. The third-order valence-corrected chi connectivity index (χ3v) is 6.20. The largest absolute Gasteiger partial charge is 0.337 e. The van der Waals surface area contributed by atoms with E-state index in [0.29, 0.717) is 11.0 Å². The van der Waals surface area contributed by atoms with Gasteiger partial charge in [0, 0.05) is 18.0 Å². The van der Waals surface area contributed by atoms with Crippen LogP contribution in [0, 0.1) is 24.2 Å². The molecule has 1 aliphatic rings. The molecule has 1 saturated carbocycles. The summed E-state index contributed by atoms with van der Waals surface area (Å²) in [5.74, 6) is 0.878. The van der Waals surface area contributed by atoms with Crippen LogP contribution in [0.4, 0.5) is 0 Å². The first-order valence-electron chi connectivity index (χ1n) is 9.79. The van der Waals surface area contributed by atoms with Gasteiger partial charge in [0.2, 0.25) is 5.91 Å². The number of thioether (sulfide) groups is 1. The Morgan fingerprint density at radius 3 is 2.77 bits per heavy atom. The number of nitrogens with one attached hydrogen (secondary N) is 1. The zero-order valence-electron chi connectivity index (χ0n) is 16.9. The molecule has 0 radical (unpaired) electrons. The summed E-state index contributed by atoms with van der Waals surface area (Å²) in [5.41, 5.74) is 2.06. The number of nitriles is 1. The first kappa shape index (κ1) is 20.1. The number of aryl methyl sites for hydroxylation is 1. The molecule has 1 aromatic carbocycles. The standard InChI is InChI=1S/C22H22N6OS/c1-15-6-3-4-8-18(15)28-20(16-7-5-11-24-12-16)26-27-21(28)30-13-19(29)25-22(2,14-23)17-9-10-17/h3-8,11-12,17H,9-10,13H2,1-2H3,(H,25,29). The number of aromatic nitrogens is 4. The zero-order chi connectivity index (χ0) is 21.1. The Balaban J connectivity index is 1.61. The topological polar surface area (TPSA) is 96.5 Å². The monoisotopic (exact) mass is 418 g/mol. The molecular weight excluding hydrogens is 396 g/mol. The first-order chi connectivity index (χ1) is 14.5. The highest BCUT2D eigenvalue weighted by Gasteiger charge is 2.43. The van der Waals surface area contributed by atoms with Gasteiger partial charge in [-0.05, 0) is 56.4 Å². The molecule has 2 aromatic heterocycles. The molecule has 0 bridgehead atoms. The van der Waals surface area contributed by atoms with Gasteiger partial charge in [0.1, 0.15) is 5.54 Å². The molecule has 7 nitrogen and oxygen atoms in total. The molecule has 8 heteroatoms. The molecule has 1 unspecified atom stereocenters. The summed E-state index contributed by atoms with van der Waals surface area (Å²) in [4.78, 5) is 16.8. The van der Waals surface area contributed by atoms with Gasteiger partial charge < -0.3 is 5.32 Å². The molecule has 1 N–H and O–H groups in total. The molecule has 0 aliphatic heterocycles. The minimum atomic E-state index is -0.803. The fourth-order valence-electron chi connectivity index (χ4n) is 3.41. The highest BCUT2D eigenvalue weighted by atomic mass is 32.2. The Morgan fingerprint density at radius 2 is 2.10 bits per heavy atom. The van der Waals surface area contributed by atoms with Crippen molar-refractivity contribution in [2.45, 2.75) is 37.4 Å². The van der Waals surface area contributed by atoms with E-state index in [-0.39, 0.29) is 17.6 Å². The normalized spacial score (nSPS) is 15.2. The Labute approximate surface area is 179 Å². The average Bonchev–Trinajstić information content (AvgIpc) is 3.54. The van der Waals surface area contributed by atoms with E-state index >= 15 is 0 Å². The predicted molar refractivity (Wildman–Crippen MR) is 115 cm³/mol.